The summed E-state index contributed by atoms with van der Waals surface area (Å²) in [5, 5.41) is 0. The number of aromatic nitrogens is 2. The molecule has 1 aromatic heterocycles. The summed E-state index contributed by atoms with van der Waals surface area (Å²) in [6.07, 6.45) is 0.857. The third kappa shape index (κ3) is 3.82. The van der Waals surface area contributed by atoms with Crippen LogP contribution in [0, 0.1) is 18.7 Å². The van der Waals surface area contributed by atoms with E-state index in [0.717, 1.165) is 12.8 Å². The molecule has 29 heavy (non-hydrogen) atoms. The summed E-state index contributed by atoms with van der Waals surface area (Å²) in [6, 6.07) is 4.39. The van der Waals surface area contributed by atoms with E-state index in [1.54, 1.807) is 20.0 Å². The van der Waals surface area contributed by atoms with E-state index in [1.165, 1.54) is 21.5 Å². The molecule has 2 aliphatic rings. The first-order valence-corrected chi connectivity index (χ1v) is 11.1. The van der Waals surface area contributed by atoms with Crippen LogP contribution in [0.5, 0.6) is 0 Å². The minimum atomic E-state index is -3.96. The molecule has 1 aromatic carbocycles. The van der Waals surface area contributed by atoms with Gasteiger partial charge in [-0.05, 0) is 55.4 Å². The Morgan fingerprint density at radius 3 is 2.48 bits per heavy atom. The topological polar surface area (TPSA) is 73.1 Å². The number of hydrogen-bond donors (Lipinski definition) is 1. The molecule has 2 fully saturated rings. The zero-order valence-electron chi connectivity index (χ0n) is 16.1. The number of benzene rings is 1. The quantitative estimate of drug-likeness (QED) is 0.766. The van der Waals surface area contributed by atoms with Crippen LogP contribution in [0.1, 0.15) is 42.9 Å². The van der Waals surface area contributed by atoms with Crippen LogP contribution in [0.2, 0.25) is 0 Å². The van der Waals surface area contributed by atoms with Gasteiger partial charge < -0.3 is 0 Å². The van der Waals surface area contributed by atoms with Crippen molar-refractivity contribution in [2.24, 2.45) is 13.0 Å². The molecule has 0 spiro atoms. The van der Waals surface area contributed by atoms with Gasteiger partial charge in [-0.1, -0.05) is 0 Å². The van der Waals surface area contributed by atoms with Crippen molar-refractivity contribution in [2.75, 3.05) is 10.5 Å². The maximum absolute atomic E-state index is 14.1. The van der Waals surface area contributed by atoms with Crippen molar-refractivity contribution in [3.05, 3.63) is 45.6 Å². The summed E-state index contributed by atoms with van der Waals surface area (Å²) in [4.78, 5) is 12.9. The van der Waals surface area contributed by atoms with E-state index in [0.29, 0.717) is 16.9 Å². The molecule has 1 heterocycles. The number of anilines is 1. The summed E-state index contributed by atoms with van der Waals surface area (Å²) in [5.74, 6) is -4.08. The van der Waals surface area contributed by atoms with Gasteiger partial charge in [0.25, 0.3) is 5.56 Å². The average molecular weight is 429 g/mol. The summed E-state index contributed by atoms with van der Waals surface area (Å²) >= 11 is 0. The number of hydrogen-bond acceptors (Lipinski definition) is 3. The van der Waals surface area contributed by atoms with Gasteiger partial charge in [0.05, 0.1) is 17.1 Å². The molecule has 0 bridgehead atoms. The minimum Gasteiger partial charge on any atom is -0.283 e. The smallest absolute Gasteiger partial charge is 0.283 e. The molecule has 10 heteroatoms. The lowest BCUT2D eigenvalue weighted by Gasteiger charge is -2.34. The molecular formula is C19H22F3N3O3S. The molecule has 2 saturated carbocycles. The number of rotatable bonds is 6. The highest BCUT2D eigenvalue weighted by molar-refractivity contribution is 7.92. The van der Waals surface area contributed by atoms with Gasteiger partial charge in [0.15, 0.2) is 0 Å². The first kappa shape index (κ1) is 20.1. The third-order valence-corrected chi connectivity index (χ3v) is 7.11. The fourth-order valence-corrected chi connectivity index (χ4v) is 5.38. The van der Waals surface area contributed by atoms with E-state index in [2.05, 4.69) is 4.72 Å². The Balaban J connectivity index is 1.64. The number of halogens is 3. The van der Waals surface area contributed by atoms with E-state index >= 15 is 0 Å². The van der Waals surface area contributed by atoms with Crippen molar-refractivity contribution in [2.45, 2.75) is 44.4 Å². The highest BCUT2D eigenvalue weighted by Gasteiger charge is 2.46. The number of sulfonamides is 1. The lowest BCUT2D eigenvalue weighted by Crippen LogP contribution is -2.40. The van der Waals surface area contributed by atoms with Crippen LogP contribution in [-0.2, 0) is 17.1 Å². The van der Waals surface area contributed by atoms with Gasteiger partial charge in [0.1, 0.15) is 11.5 Å². The molecule has 4 rings (SSSR count). The summed E-state index contributed by atoms with van der Waals surface area (Å²) < 4.78 is 69.9. The van der Waals surface area contributed by atoms with Crippen LogP contribution in [-0.4, -0.2) is 29.5 Å². The van der Waals surface area contributed by atoms with Crippen LogP contribution in [0.25, 0.3) is 5.69 Å². The maximum atomic E-state index is 14.1. The molecule has 0 radical (unpaired) electrons. The number of alkyl halides is 2. The molecule has 2 aliphatic carbocycles. The van der Waals surface area contributed by atoms with Gasteiger partial charge in [0.2, 0.25) is 15.9 Å². The van der Waals surface area contributed by atoms with E-state index in [4.69, 9.17) is 0 Å². The maximum Gasteiger partial charge on any atom is 0.296 e. The van der Waals surface area contributed by atoms with Gasteiger partial charge in [-0.25, -0.2) is 26.3 Å². The Bertz CT molecular complexity index is 1130. The van der Waals surface area contributed by atoms with Gasteiger partial charge in [-0.2, -0.15) is 0 Å². The van der Waals surface area contributed by atoms with Crippen molar-refractivity contribution in [1.82, 2.24) is 9.36 Å². The summed E-state index contributed by atoms with van der Waals surface area (Å²) in [5.41, 5.74) is 0.626. The first-order chi connectivity index (χ1) is 13.5. The van der Waals surface area contributed by atoms with Crippen molar-refractivity contribution >= 4 is 15.7 Å². The molecule has 0 atom stereocenters. The number of nitrogens with zero attached hydrogens (tertiary/aromatic N) is 2. The van der Waals surface area contributed by atoms with Crippen LogP contribution >= 0.6 is 0 Å². The second-order valence-corrected chi connectivity index (χ2v) is 9.86. The molecule has 2 aromatic rings. The lowest BCUT2D eigenvalue weighted by atomic mass is 9.83. The molecule has 0 saturated heterocycles. The van der Waals surface area contributed by atoms with Crippen molar-refractivity contribution in [3.63, 3.8) is 0 Å². The number of nitrogens with one attached hydrogen (secondary N) is 1. The molecular weight excluding hydrogens is 407 g/mol. The highest BCUT2D eigenvalue weighted by atomic mass is 32.2. The van der Waals surface area contributed by atoms with Crippen LogP contribution in [0.15, 0.2) is 23.0 Å². The normalized spacial score (nSPS) is 19.2. The second-order valence-electron chi connectivity index (χ2n) is 8.09. The second kappa shape index (κ2) is 6.65. The third-order valence-electron chi connectivity index (χ3n) is 5.68. The summed E-state index contributed by atoms with van der Waals surface area (Å²) in [6.45, 7) is 1.58. The predicted molar refractivity (Wildman–Crippen MR) is 103 cm³/mol. The van der Waals surface area contributed by atoms with Gasteiger partial charge in [-0.15, -0.1) is 0 Å². The van der Waals surface area contributed by atoms with Crippen molar-refractivity contribution in [1.29, 1.82) is 0 Å². The van der Waals surface area contributed by atoms with E-state index in [9.17, 15) is 26.4 Å². The fraction of sp³-hybridized carbons (Fsp3) is 0.526. The van der Waals surface area contributed by atoms with Crippen LogP contribution in [0.3, 0.4) is 0 Å². The molecule has 1 N–H and O–H groups in total. The van der Waals surface area contributed by atoms with E-state index < -0.39 is 46.0 Å². The Morgan fingerprint density at radius 2 is 1.90 bits per heavy atom. The zero-order valence-corrected chi connectivity index (χ0v) is 16.9. The van der Waals surface area contributed by atoms with Gasteiger partial charge in [-0.3, -0.25) is 14.2 Å². The Morgan fingerprint density at radius 1 is 1.24 bits per heavy atom. The van der Waals surface area contributed by atoms with Crippen LogP contribution < -0.4 is 10.3 Å². The largest absolute Gasteiger partial charge is 0.296 e. The van der Waals surface area contributed by atoms with E-state index in [1.807, 2.05) is 0 Å². The molecule has 0 amide bonds. The van der Waals surface area contributed by atoms with Gasteiger partial charge >= 0.3 is 0 Å². The van der Waals surface area contributed by atoms with Crippen molar-refractivity contribution < 1.29 is 21.6 Å². The minimum absolute atomic E-state index is 0.129. The summed E-state index contributed by atoms with van der Waals surface area (Å²) in [7, 11) is -2.37. The average Bonchev–Trinajstić information content (AvgIpc) is 3.40. The van der Waals surface area contributed by atoms with Crippen LogP contribution in [0.4, 0.5) is 18.9 Å². The SMILES string of the molecule is Cc1c(NS(=O)(=O)CC2CC(F)(F)C2)c(=O)n(-c2ccc(F)c(C3CC3)c2)n1C. The predicted octanol–water partition coefficient (Wildman–Crippen LogP) is 3.29. The molecule has 0 unspecified atom stereocenters. The van der Waals surface area contributed by atoms with Crippen molar-refractivity contribution in [3.8, 4) is 5.69 Å². The monoisotopic (exact) mass is 429 g/mol. The zero-order chi connectivity index (χ0) is 21.1. The van der Waals surface area contributed by atoms with E-state index in [-0.39, 0.29) is 17.4 Å². The molecule has 0 aliphatic heterocycles. The fourth-order valence-electron chi connectivity index (χ4n) is 3.90. The Kier molecular flexibility index (Phi) is 4.60. The highest BCUT2D eigenvalue weighted by Crippen LogP contribution is 2.43. The Labute approximate surface area is 166 Å². The first-order valence-electron chi connectivity index (χ1n) is 9.44. The molecule has 6 nitrogen and oxygen atoms in total. The Hall–Kier alpha value is -2.23. The lowest BCUT2D eigenvalue weighted by molar-refractivity contribution is -0.103. The standard InChI is InChI=1S/C19H22F3N3O3S/c1-11-17(23-29(27,28)10-12-8-19(21,22)9-12)18(26)25(24(11)2)14-5-6-16(20)15(7-14)13-3-4-13/h5-7,12-13,23H,3-4,8-10H2,1-2H3. The molecule has 158 valence electrons. The van der Waals surface area contributed by atoms with Gasteiger partial charge in [0, 0.05) is 19.9 Å².